The Morgan fingerprint density at radius 1 is 1.25 bits per heavy atom. The largest absolute Gasteiger partial charge is 0.343 e. The first-order valence-corrected chi connectivity index (χ1v) is 8.39. The molecule has 128 valence electrons. The van der Waals surface area contributed by atoms with Crippen LogP contribution in [0, 0.1) is 5.82 Å². The minimum Gasteiger partial charge on any atom is -0.343 e. The number of amides is 1. The Kier molecular flexibility index (Phi) is 5.37. The molecule has 0 spiro atoms. The monoisotopic (exact) mass is 372 g/mol. The van der Waals surface area contributed by atoms with Crippen molar-refractivity contribution in [1.82, 2.24) is 18.8 Å². The summed E-state index contributed by atoms with van der Waals surface area (Å²) in [4.78, 5) is 18.8. The van der Waals surface area contributed by atoms with Gasteiger partial charge in [-0.25, -0.2) is 13.3 Å². The minimum absolute atomic E-state index is 0.0243. The van der Waals surface area contributed by atoms with E-state index in [1.807, 2.05) is 0 Å². The van der Waals surface area contributed by atoms with E-state index in [2.05, 4.69) is 9.88 Å². The normalized spacial score (nSPS) is 15.7. The molecule has 5 nitrogen and oxygen atoms in total. The van der Waals surface area contributed by atoms with Crippen molar-refractivity contribution in [2.24, 2.45) is 0 Å². The van der Waals surface area contributed by atoms with Crippen LogP contribution in [0.25, 0.3) is 11.4 Å². The average molecular weight is 373 g/mol. The zero-order valence-electron chi connectivity index (χ0n) is 12.7. The summed E-state index contributed by atoms with van der Waals surface area (Å²) in [5.74, 6) is -0.187. The van der Waals surface area contributed by atoms with Crippen LogP contribution >= 0.6 is 23.9 Å². The van der Waals surface area contributed by atoms with E-state index in [0.717, 1.165) is 6.41 Å². The van der Waals surface area contributed by atoms with Gasteiger partial charge in [0.15, 0.2) is 18.2 Å². The fraction of sp³-hybridized carbons (Fsp3) is 0.333. The van der Waals surface area contributed by atoms with Gasteiger partial charge in [0.25, 0.3) is 0 Å². The Hall–Kier alpha value is -1.64. The molecular formula is C15H15ClF2N4OS. The Labute approximate surface area is 147 Å². The lowest BCUT2D eigenvalue weighted by atomic mass is 10.2. The maximum Gasteiger partial charge on any atom is 0.209 e. The molecule has 24 heavy (non-hydrogen) atoms. The first kappa shape index (κ1) is 17.2. The van der Waals surface area contributed by atoms with Crippen LogP contribution < -0.4 is 0 Å². The molecule has 2 heterocycles. The highest BCUT2D eigenvalue weighted by Gasteiger charge is 2.20. The number of nitrogens with zero attached hydrogens (tertiary/aromatic N) is 4. The van der Waals surface area contributed by atoms with Crippen LogP contribution in [0.1, 0.15) is 5.69 Å². The number of aromatic nitrogens is 2. The smallest absolute Gasteiger partial charge is 0.209 e. The lowest BCUT2D eigenvalue weighted by Crippen LogP contribution is -2.45. The van der Waals surface area contributed by atoms with E-state index >= 15 is 0 Å². The zero-order chi connectivity index (χ0) is 17.1. The van der Waals surface area contributed by atoms with E-state index in [1.165, 1.54) is 16.1 Å². The van der Waals surface area contributed by atoms with Gasteiger partial charge in [-0.1, -0.05) is 11.6 Å². The lowest BCUT2D eigenvalue weighted by Gasteiger charge is -2.32. The molecule has 1 amide bonds. The van der Waals surface area contributed by atoms with Crippen LogP contribution in [0.15, 0.2) is 24.4 Å². The molecule has 1 aliphatic rings. The molecule has 0 radical (unpaired) electrons. The molecule has 0 N–H and O–H groups in total. The van der Waals surface area contributed by atoms with Gasteiger partial charge in [0.1, 0.15) is 5.82 Å². The summed E-state index contributed by atoms with van der Waals surface area (Å²) in [7, 11) is 0. The van der Waals surface area contributed by atoms with Crippen LogP contribution in [-0.4, -0.2) is 51.3 Å². The van der Waals surface area contributed by atoms with Gasteiger partial charge in [0.05, 0.1) is 11.9 Å². The second-order valence-electron chi connectivity index (χ2n) is 5.51. The summed E-state index contributed by atoms with van der Waals surface area (Å²) in [5, 5.41) is 0.231. The predicted octanol–water partition coefficient (Wildman–Crippen LogP) is 3.00. The van der Waals surface area contributed by atoms with E-state index < -0.39 is 5.82 Å². The number of benzene rings is 1. The highest BCUT2D eigenvalue weighted by atomic mass is 35.5. The first-order valence-electron chi connectivity index (χ1n) is 7.34. The second kappa shape index (κ2) is 7.50. The van der Waals surface area contributed by atoms with Crippen LogP contribution in [-0.2, 0) is 11.3 Å². The topological polar surface area (TPSA) is 41.4 Å². The lowest BCUT2D eigenvalue weighted by molar-refractivity contribution is -0.119. The van der Waals surface area contributed by atoms with Gasteiger partial charge in [-0.3, -0.25) is 9.69 Å². The van der Waals surface area contributed by atoms with Gasteiger partial charge in [-0.05, 0) is 18.2 Å². The van der Waals surface area contributed by atoms with E-state index in [4.69, 9.17) is 11.6 Å². The van der Waals surface area contributed by atoms with Crippen molar-refractivity contribution in [3.05, 3.63) is 40.9 Å². The third-order valence-corrected chi connectivity index (χ3v) is 4.68. The maximum absolute atomic E-state index is 13.5. The van der Waals surface area contributed by atoms with Gasteiger partial charge in [-0.15, -0.1) is 3.89 Å². The molecule has 0 aliphatic carbocycles. The summed E-state index contributed by atoms with van der Waals surface area (Å²) < 4.78 is 28.3. The molecule has 0 bridgehead atoms. The molecule has 0 unspecified atom stereocenters. The highest BCUT2D eigenvalue weighted by Crippen LogP contribution is 2.28. The fourth-order valence-electron chi connectivity index (χ4n) is 2.69. The Bertz CT molecular complexity index is 714. The third kappa shape index (κ3) is 3.71. The molecule has 1 fully saturated rings. The van der Waals surface area contributed by atoms with E-state index in [9.17, 15) is 13.1 Å². The van der Waals surface area contributed by atoms with Crippen molar-refractivity contribution in [2.75, 3.05) is 26.2 Å². The SMILES string of the molecule is O=CN1CCN(Cc2cnc(-c3cc(F)cc(Cl)c3)n2SF)CC1. The van der Waals surface area contributed by atoms with Crippen molar-refractivity contribution in [2.45, 2.75) is 6.54 Å². The number of hydrogen-bond donors (Lipinski definition) is 0. The van der Waals surface area contributed by atoms with Gasteiger partial charge in [0.2, 0.25) is 6.41 Å². The van der Waals surface area contributed by atoms with Gasteiger partial charge >= 0.3 is 0 Å². The summed E-state index contributed by atoms with van der Waals surface area (Å²) in [5.41, 5.74) is 1.08. The molecule has 1 saturated heterocycles. The summed E-state index contributed by atoms with van der Waals surface area (Å²) in [6.07, 6.45) is 2.41. The molecule has 3 rings (SSSR count). The first-order chi connectivity index (χ1) is 11.6. The molecule has 2 aromatic rings. The average Bonchev–Trinajstić information content (AvgIpc) is 2.97. The zero-order valence-corrected chi connectivity index (χ0v) is 14.2. The molecule has 1 aromatic carbocycles. The van der Waals surface area contributed by atoms with Crippen molar-refractivity contribution in [3.8, 4) is 11.4 Å². The molecule has 1 aromatic heterocycles. The van der Waals surface area contributed by atoms with Crippen molar-refractivity contribution in [1.29, 1.82) is 0 Å². The summed E-state index contributed by atoms with van der Waals surface area (Å²) >= 11 is 5.89. The maximum atomic E-state index is 13.5. The fourth-order valence-corrected chi connectivity index (χ4v) is 3.32. The number of piperazine rings is 1. The Morgan fingerprint density at radius 2 is 2.00 bits per heavy atom. The minimum atomic E-state index is -0.498. The molecule has 0 saturated carbocycles. The molecule has 1 aliphatic heterocycles. The molecule has 0 atom stereocenters. The van der Waals surface area contributed by atoms with E-state index in [1.54, 1.807) is 17.2 Å². The Morgan fingerprint density at radius 3 is 2.62 bits per heavy atom. The second-order valence-corrected chi connectivity index (χ2v) is 6.45. The van der Waals surface area contributed by atoms with Gasteiger partial charge in [0, 0.05) is 43.3 Å². The molecule has 9 heteroatoms. The third-order valence-electron chi connectivity index (χ3n) is 3.92. The summed E-state index contributed by atoms with van der Waals surface area (Å²) in [6, 6.07) is 4.01. The van der Waals surface area contributed by atoms with Crippen molar-refractivity contribution < 1.29 is 13.1 Å². The van der Waals surface area contributed by atoms with Crippen LogP contribution in [0.2, 0.25) is 5.02 Å². The van der Waals surface area contributed by atoms with Crippen LogP contribution in [0.5, 0.6) is 0 Å². The Balaban J connectivity index is 1.81. The number of halogens is 3. The molecular weight excluding hydrogens is 358 g/mol. The van der Waals surface area contributed by atoms with E-state index in [-0.39, 0.29) is 17.4 Å². The number of carbonyl (C=O) groups excluding carboxylic acids is 1. The van der Waals surface area contributed by atoms with E-state index in [0.29, 0.717) is 49.8 Å². The van der Waals surface area contributed by atoms with Crippen LogP contribution in [0.3, 0.4) is 0 Å². The van der Waals surface area contributed by atoms with Crippen LogP contribution in [0.4, 0.5) is 8.28 Å². The highest BCUT2D eigenvalue weighted by molar-refractivity contribution is 7.92. The quantitative estimate of drug-likeness (QED) is 0.757. The standard InChI is InChI=1S/C15H15ClF2N4OS/c16-12-5-11(6-13(17)7-12)15-19-8-14(22(15)24-18)9-20-1-3-21(10-23)4-2-20/h5-8,10H,1-4,9H2. The van der Waals surface area contributed by atoms with Gasteiger partial charge < -0.3 is 4.90 Å². The summed E-state index contributed by atoms with van der Waals surface area (Å²) in [6.45, 7) is 3.21. The number of imidazole rings is 1. The number of hydrogen-bond acceptors (Lipinski definition) is 4. The predicted molar refractivity (Wildman–Crippen MR) is 89.6 cm³/mol. The van der Waals surface area contributed by atoms with Crippen molar-refractivity contribution in [3.63, 3.8) is 0 Å². The van der Waals surface area contributed by atoms with Crippen molar-refractivity contribution >= 4 is 30.3 Å². The number of carbonyl (C=O) groups is 1. The van der Waals surface area contributed by atoms with Gasteiger partial charge in [-0.2, -0.15) is 0 Å². The number of rotatable bonds is 5.